The van der Waals surface area contributed by atoms with Crippen LogP contribution in [0, 0.1) is 17.0 Å². The SMILES string of the molecule is COCC(O)CNc1ccc([N+](=O)[O-])cc1C. The molecule has 0 heterocycles. The van der Waals surface area contributed by atoms with Gasteiger partial charge in [-0.3, -0.25) is 10.1 Å². The molecule has 0 saturated carbocycles. The Morgan fingerprint density at radius 3 is 2.82 bits per heavy atom. The number of aliphatic hydroxyl groups excluding tert-OH is 1. The highest BCUT2D eigenvalue weighted by Gasteiger charge is 2.09. The molecule has 0 aromatic heterocycles. The molecule has 94 valence electrons. The minimum atomic E-state index is -0.602. The van der Waals surface area contributed by atoms with Crippen molar-refractivity contribution >= 4 is 11.4 Å². The van der Waals surface area contributed by atoms with Crippen LogP contribution in [-0.2, 0) is 4.74 Å². The summed E-state index contributed by atoms with van der Waals surface area (Å²) in [5, 5.41) is 23.0. The van der Waals surface area contributed by atoms with E-state index in [9.17, 15) is 15.2 Å². The number of nitrogens with one attached hydrogen (secondary N) is 1. The third kappa shape index (κ3) is 4.01. The number of non-ortho nitro benzene ring substituents is 1. The summed E-state index contributed by atoms with van der Waals surface area (Å²) < 4.78 is 4.79. The van der Waals surface area contributed by atoms with Crippen molar-refractivity contribution in [2.45, 2.75) is 13.0 Å². The van der Waals surface area contributed by atoms with Gasteiger partial charge in [-0.05, 0) is 18.6 Å². The van der Waals surface area contributed by atoms with Crippen LogP contribution in [0.1, 0.15) is 5.56 Å². The monoisotopic (exact) mass is 240 g/mol. The van der Waals surface area contributed by atoms with Crippen molar-refractivity contribution < 1.29 is 14.8 Å². The molecule has 6 heteroatoms. The summed E-state index contributed by atoms with van der Waals surface area (Å²) in [7, 11) is 1.51. The van der Waals surface area contributed by atoms with Gasteiger partial charge in [0.25, 0.3) is 5.69 Å². The third-order valence-corrected chi connectivity index (χ3v) is 2.31. The van der Waals surface area contributed by atoms with Crippen molar-refractivity contribution in [1.29, 1.82) is 0 Å². The number of ether oxygens (including phenoxy) is 1. The second kappa shape index (κ2) is 6.17. The zero-order valence-corrected chi connectivity index (χ0v) is 9.84. The van der Waals surface area contributed by atoms with E-state index in [0.717, 1.165) is 11.3 Å². The number of nitro benzene ring substituents is 1. The molecule has 0 spiro atoms. The second-order valence-electron chi connectivity index (χ2n) is 3.75. The summed E-state index contributed by atoms with van der Waals surface area (Å²) in [6.07, 6.45) is -0.602. The van der Waals surface area contributed by atoms with E-state index in [1.54, 1.807) is 13.0 Å². The summed E-state index contributed by atoms with van der Waals surface area (Å²) in [4.78, 5) is 10.1. The van der Waals surface area contributed by atoms with E-state index in [2.05, 4.69) is 5.32 Å². The minimum Gasteiger partial charge on any atom is -0.389 e. The predicted molar refractivity (Wildman–Crippen MR) is 64.2 cm³/mol. The molecule has 0 bridgehead atoms. The first-order valence-corrected chi connectivity index (χ1v) is 5.20. The fraction of sp³-hybridized carbons (Fsp3) is 0.455. The third-order valence-electron chi connectivity index (χ3n) is 2.31. The number of nitro groups is 1. The molecule has 0 aliphatic heterocycles. The molecule has 0 aliphatic rings. The van der Waals surface area contributed by atoms with Crippen LogP contribution in [-0.4, -0.2) is 36.4 Å². The van der Waals surface area contributed by atoms with Gasteiger partial charge >= 0.3 is 0 Å². The highest BCUT2D eigenvalue weighted by Crippen LogP contribution is 2.20. The summed E-state index contributed by atoms with van der Waals surface area (Å²) in [6.45, 7) is 2.36. The van der Waals surface area contributed by atoms with Gasteiger partial charge in [-0.25, -0.2) is 0 Å². The summed E-state index contributed by atoms with van der Waals surface area (Å²) in [6, 6.07) is 4.55. The average molecular weight is 240 g/mol. The Balaban J connectivity index is 2.63. The number of hydrogen-bond donors (Lipinski definition) is 2. The molecule has 1 aromatic carbocycles. The standard InChI is InChI=1S/C11H16N2O4/c1-8-5-9(13(15)16)3-4-11(8)12-6-10(14)7-17-2/h3-5,10,12,14H,6-7H2,1-2H3. The molecule has 0 fully saturated rings. The van der Waals surface area contributed by atoms with Crippen molar-refractivity contribution in [1.82, 2.24) is 0 Å². The highest BCUT2D eigenvalue weighted by atomic mass is 16.6. The molecule has 0 amide bonds. The van der Waals surface area contributed by atoms with Gasteiger partial charge in [0.05, 0.1) is 17.6 Å². The quantitative estimate of drug-likeness (QED) is 0.578. The first kappa shape index (κ1) is 13.4. The Morgan fingerprint density at radius 1 is 1.59 bits per heavy atom. The van der Waals surface area contributed by atoms with Crippen molar-refractivity contribution in [2.24, 2.45) is 0 Å². The van der Waals surface area contributed by atoms with Crippen LogP contribution in [0.4, 0.5) is 11.4 Å². The van der Waals surface area contributed by atoms with E-state index in [-0.39, 0.29) is 12.3 Å². The molecule has 0 radical (unpaired) electrons. The molecule has 0 saturated heterocycles. The number of aryl methyl sites for hydroxylation is 1. The lowest BCUT2D eigenvalue weighted by Crippen LogP contribution is -2.24. The summed E-state index contributed by atoms with van der Waals surface area (Å²) >= 11 is 0. The largest absolute Gasteiger partial charge is 0.389 e. The maximum atomic E-state index is 10.5. The van der Waals surface area contributed by atoms with Crippen molar-refractivity contribution in [3.63, 3.8) is 0 Å². The van der Waals surface area contributed by atoms with Crippen LogP contribution < -0.4 is 5.32 Å². The van der Waals surface area contributed by atoms with Gasteiger partial charge in [0.2, 0.25) is 0 Å². The Labute approximate surface area is 99.4 Å². The van der Waals surface area contributed by atoms with Gasteiger partial charge in [0.1, 0.15) is 0 Å². The van der Waals surface area contributed by atoms with Crippen LogP contribution in [0.25, 0.3) is 0 Å². The van der Waals surface area contributed by atoms with E-state index < -0.39 is 11.0 Å². The predicted octanol–water partition coefficient (Wildman–Crippen LogP) is 1.32. The maximum Gasteiger partial charge on any atom is 0.269 e. The topological polar surface area (TPSA) is 84.6 Å². The highest BCUT2D eigenvalue weighted by molar-refractivity contribution is 5.55. The lowest BCUT2D eigenvalue weighted by molar-refractivity contribution is -0.384. The number of aliphatic hydroxyl groups is 1. The zero-order chi connectivity index (χ0) is 12.8. The van der Waals surface area contributed by atoms with Gasteiger partial charge in [-0.15, -0.1) is 0 Å². The van der Waals surface area contributed by atoms with Gasteiger partial charge in [-0.1, -0.05) is 0 Å². The number of benzene rings is 1. The van der Waals surface area contributed by atoms with Crippen molar-refractivity contribution in [2.75, 3.05) is 25.6 Å². The van der Waals surface area contributed by atoms with Gasteiger partial charge < -0.3 is 15.2 Å². The lowest BCUT2D eigenvalue weighted by atomic mass is 10.1. The van der Waals surface area contributed by atoms with E-state index in [1.165, 1.54) is 19.2 Å². The van der Waals surface area contributed by atoms with Crippen molar-refractivity contribution in [3.8, 4) is 0 Å². The number of rotatable bonds is 6. The zero-order valence-electron chi connectivity index (χ0n) is 9.84. The first-order chi connectivity index (χ1) is 8.04. The maximum absolute atomic E-state index is 10.5. The number of methoxy groups -OCH3 is 1. The summed E-state index contributed by atoms with van der Waals surface area (Å²) in [5.41, 5.74) is 1.60. The molecule has 0 aliphatic carbocycles. The lowest BCUT2D eigenvalue weighted by Gasteiger charge is -2.13. The van der Waals surface area contributed by atoms with Crippen LogP contribution >= 0.6 is 0 Å². The van der Waals surface area contributed by atoms with E-state index >= 15 is 0 Å². The van der Waals surface area contributed by atoms with E-state index in [1.807, 2.05) is 0 Å². The average Bonchev–Trinajstić information content (AvgIpc) is 2.27. The molecule has 2 N–H and O–H groups in total. The Hall–Kier alpha value is -1.66. The number of anilines is 1. The van der Waals surface area contributed by atoms with Gasteiger partial charge in [0.15, 0.2) is 0 Å². The smallest absolute Gasteiger partial charge is 0.269 e. The molecular formula is C11H16N2O4. The Kier molecular flexibility index (Phi) is 4.86. The van der Waals surface area contributed by atoms with Gasteiger partial charge in [-0.2, -0.15) is 0 Å². The Bertz CT molecular complexity index is 395. The Morgan fingerprint density at radius 2 is 2.29 bits per heavy atom. The second-order valence-corrected chi connectivity index (χ2v) is 3.75. The first-order valence-electron chi connectivity index (χ1n) is 5.20. The molecule has 6 nitrogen and oxygen atoms in total. The van der Waals surface area contributed by atoms with Crippen LogP contribution in [0.5, 0.6) is 0 Å². The fourth-order valence-electron chi connectivity index (χ4n) is 1.44. The van der Waals surface area contributed by atoms with Crippen LogP contribution in [0.3, 0.4) is 0 Å². The van der Waals surface area contributed by atoms with Crippen LogP contribution in [0.15, 0.2) is 18.2 Å². The van der Waals surface area contributed by atoms with E-state index in [4.69, 9.17) is 4.74 Å². The molecule has 17 heavy (non-hydrogen) atoms. The van der Waals surface area contributed by atoms with Gasteiger partial charge in [0, 0.05) is 31.5 Å². The molecular weight excluding hydrogens is 224 g/mol. The molecule has 1 rings (SSSR count). The van der Waals surface area contributed by atoms with E-state index in [0.29, 0.717) is 6.54 Å². The number of hydrogen-bond acceptors (Lipinski definition) is 5. The summed E-state index contributed by atoms with van der Waals surface area (Å²) in [5.74, 6) is 0. The molecule has 1 atom stereocenters. The normalized spacial score (nSPS) is 12.2. The number of nitrogens with zero attached hydrogens (tertiary/aromatic N) is 1. The molecule has 1 unspecified atom stereocenters. The minimum absolute atomic E-state index is 0.0606. The fourth-order valence-corrected chi connectivity index (χ4v) is 1.44. The van der Waals surface area contributed by atoms with Crippen LogP contribution in [0.2, 0.25) is 0 Å². The molecule has 1 aromatic rings. The van der Waals surface area contributed by atoms with Crippen molar-refractivity contribution in [3.05, 3.63) is 33.9 Å².